The van der Waals surface area contributed by atoms with Crippen LogP contribution in [-0.2, 0) is 0 Å². The van der Waals surface area contributed by atoms with Gasteiger partial charge in [0.25, 0.3) is 0 Å². The van der Waals surface area contributed by atoms with Gasteiger partial charge in [-0.05, 0) is 18.2 Å². The summed E-state index contributed by atoms with van der Waals surface area (Å²) in [5.41, 5.74) is 6.45. The van der Waals surface area contributed by atoms with E-state index in [4.69, 9.17) is 28.9 Å². The van der Waals surface area contributed by atoms with Crippen molar-refractivity contribution in [1.82, 2.24) is 0 Å². The maximum absolute atomic E-state index is 5.99. The first kappa shape index (κ1) is 16.3. The normalized spacial score (nSPS) is 11.9. The summed E-state index contributed by atoms with van der Waals surface area (Å²) in [7, 11) is 0. The number of nitrogens with zero attached hydrogens (tertiary/aromatic N) is 1. The molecular weight excluding hydrogens is 279 g/mol. The number of hydrogen-bond donors (Lipinski definition) is 1. The molecule has 2 N–H and O–H groups in total. The summed E-state index contributed by atoms with van der Waals surface area (Å²) >= 11 is 12.0. The van der Waals surface area contributed by atoms with Crippen LogP contribution in [0.1, 0.15) is 19.4 Å². The maximum atomic E-state index is 5.99. The second kappa shape index (κ2) is 7.59. The lowest BCUT2D eigenvalue weighted by molar-refractivity contribution is 0.872. The highest BCUT2D eigenvalue weighted by Crippen LogP contribution is 2.25. The van der Waals surface area contributed by atoms with Crippen molar-refractivity contribution in [1.29, 1.82) is 0 Å². The van der Waals surface area contributed by atoms with Gasteiger partial charge in [-0.1, -0.05) is 43.1 Å². The molecule has 0 atom stereocenters. The van der Waals surface area contributed by atoms with Crippen LogP contribution in [0.3, 0.4) is 0 Å². The molecule has 0 fully saturated rings. The van der Waals surface area contributed by atoms with Gasteiger partial charge < -0.3 is 5.73 Å². The summed E-state index contributed by atoms with van der Waals surface area (Å²) in [6.07, 6.45) is 3.36. The van der Waals surface area contributed by atoms with E-state index in [1.807, 2.05) is 13.8 Å². The molecule has 0 saturated carbocycles. The molecule has 0 heterocycles. The second-order valence-corrected chi connectivity index (χ2v) is 4.47. The van der Waals surface area contributed by atoms with Crippen molar-refractivity contribution < 1.29 is 0 Å². The van der Waals surface area contributed by atoms with E-state index in [9.17, 15) is 0 Å². The summed E-state index contributed by atoms with van der Waals surface area (Å²) in [6, 6.07) is 5.36. The van der Waals surface area contributed by atoms with Crippen molar-refractivity contribution in [2.24, 2.45) is 16.6 Å². The quantitative estimate of drug-likeness (QED) is 0.651. The largest absolute Gasteiger partial charge is 0.387 e. The Bertz CT molecular complexity index is 406. The summed E-state index contributed by atoms with van der Waals surface area (Å²) in [6.45, 7) is 3.96. The molecule has 0 saturated heterocycles. The fourth-order valence-corrected chi connectivity index (χ4v) is 1.54. The minimum atomic E-state index is 0. The third kappa shape index (κ3) is 4.99. The molecule has 0 aromatic heterocycles. The fraction of sp³-hybridized carbons (Fsp3) is 0.250. The van der Waals surface area contributed by atoms with E-state index in [1.54, 1.807) is 30.5 Å². The van der Waals surface area contributed by atoms with E-state index >= 15 is 0 Å². The van der Waals surface area contributed by atoms with Crippen LogP contribution in [0.25, 0.3) is 6.08 Å². The van der Waals surface area contributed by atoms with Crippen molar-refractivity contribution in [2.75, 3.05) is 0 Å². The lowest BCUT2D eigenvalue weighted by Gasteiger charge is -2.02. The number of aliphatic imine (C=N–C) groups is 1. The molecule has 0 amide bonds. The van der Waals surface area contributed by atoms with E-state index < -0.39 is 0 Å². The van der Waals surface area contributed by atoms with Crippen LogP contribution < -0.4 is 5.73 Å². The van der Waals surface area contributed by atoms with Gasteiger partial charge in [0.1, 0.15) is 5.84 Å². The molecule has 17 heavy (non-hydrogen) atoms. The first-order valence-corrected chi connectivity index (χ1v) is 5.71. The van der Waals surface area contributed by atoms with Crippen LogP contribution in [0.4, 0.5) is 0 Å². The SMILES string of the molecule is CC(C)C(N)=NC=Cc1c(Cl)cccc1Cl.Cl. The molecule has 0 aliphatic rings. The van der Waals surface area contributed by atoms with Gasteiger partial charge >= 0.3 is 0 Å². The average Bonchev–Trinajstić information content (AvgIpc) is 2.22. The van der Waals surface area contributed by atoms with Gasteiger partial charge in [0.05, 0.1) is 0 Å². The molecule has 0 spiro atoms. The topological polar surface area (TPSA) is 38.4 Å². The minimum Gasteiger partial charge on any atom is -0.387 e. The third-order valence-electron chi connectivity index (χ3n) is 2.06. The molecule has 2 nitrogen and oxygen atoms in total. The molecule has 5 heteroatoms. The van der Waals surface area contributed by atoms with Crippen LogP contribution >= 0.6 is 35.6 Å². The van der Waals surface area contributed by atoms with Crippen LogP contribution in [0.2, 0.25) is 10.0 Å². The summed E-state index contributed by atoms with van der Waals surface area (Å²) in [4.78, 5) is 4.10. The minimum absolute atomic E-state index is 0. The van der Waals surface area contributed by atoms with Crippen LogP contribution in [-0.4, -0.2) is 5.84 Å². The summed E-state index contributed by atoms with van der Waals surface area (Å²) in [5, 5.41) is 1.20. The zero-order chi connectivity index (χ0) is 12.1. The Morgan fingerprint density at radius 3 is 2.29 bits per heavy atom. The van der Waals surface area contributed by atoms with E-state index in [0.717, 1.165) is 5.56 Å². The van der Waals surface area contributed by atoms with Gasteiger partial charge in [0.15, 0.2) is 0 Å². The van der Waals surface area contributed by atoms with Crippen LogP contribution in [0, 0.1) is 5.92 Å². The lowest BCUT2D eigenvalue weighted by atomic mass is 10.2. The fourth-order valence-electron chi connectivity index (χ4n) is 1.02. The molecule has 1 aromatic carbocycles. The number of amidine groups is 1. The van der Waals surface area contributed by atoms with Gasteiger partial charge in [0.2, 0.25) is 0 Å². The highest BCUT2D eigenvalue weighted by atomic mass is 35.5. The Morgan fingerprint density at radius 1 is 1.29 bits per heavy atom. The van der Waals surface area contributed by atoms with Gasteiger partial charge in [-0.3, -0.25) is 0 Å². The highest BCUT2D eigenvalue weighted by Gasteiger charge is 2.01. The van der Waals surface area contributed by atoms with Crippen molar-refractivity contribution >= 4 is 47.5 Å². The van der Waals surface area contributed by atoms with Crippen molar-refractivity contribution in [3.8, 4) is 0 Å². The predicted molar refractivity (Wildman–Crippen MR) is 79.2 cm³/mol. The van der Waals surface area contributed by atoms with Gasteiger partial charge in [-0.15, -0.1) is 12.4 Å². The Kier molecular flexibility index (Phi) is 7.28. The van der Waals surface area contributed by atoms with Crippen molar-refractivity contribution in [2.45, 2.75) is 13.8 Å². The van der Waals surface area contributed by atoms with Crippen molar-refractivity contribution in [3.63, 3.8) is 0 Å². The van der Waals surface area contributed by atoms with Gasteiger partial charge in [-0.25, -0.2) is 4.99 Å². The van der Waals surface area contributed by atoms with E-state index in [2.05, 4.69) is 4.99 Å². The van der Waals surface area contributed by atoms with Crippen LogP contribution in [0.5, 0.6) is 0 Å². The molecule has 0 radical (unpaired) electrons. The molecule has 1 rings (SSSR count). The average molecular weight is 294 g/mol. The van der Waals surface area contributed by atoms with Crippen LogP contribution in [0.15, 0.2) is 29.4 Å². The lowest BCUT2D eigenvalue weighted by Crippen LogP contribution is -2.17. The number of halogens is 3. The molecule has 1 aromatic rings. The van der Waals surface area contributed by atoms with E-state index in [-0.39, 0.29) is 18.3 Å². The van der Waals surface area contributed by atoms with Gasteiger partial charge in [-0.2, -0.15) is 0 Å². The first-order chi connectivity index (χ1) is 7.52. The molecule has 0 aliphatic heterocycles. The molecule has 0 unspecified atom stereocenters. The Balaban J connectivity index is 0.00000256. The second-order valence-electron chi connectivity index (χ2n) is 3.66. The summed E-state index contributed by atoms with van der Waals surface area (Å²) in [5.74, 6) is 0.811. The maximum Gasteiger partial charge on any atom is 0.101 e. The summed E-state index contributed by atoms with van der Waals surface area (Å²) < 4.78 is 0. The van der Waals surface area contributed by atoms with E-state index in [0.29, 0.717) is 15.9 Å². The molecular formula is C12H15Cl3N2. The molecule has 0 aliphatic carbocycles. The number of rotatable bonds is 3. The van der Waals surface area contributed by atoms with Crippen molar-refractivity contribution in [3.05, 3.63) is 40.0 Å². The number of benzene rings is 1. The van der Waals surface area contributed by atoms with E-state index in [1.165, 1.54) is 0 Å². The molecule has 0 bridgehead atoms. The Labute approximate surface area is 118 Å². The third-order valence-corrected chi connectivity index (χ3v) is 2.72. The standard InChI is InChI=1S/C12H14Cl2N2.ClH/c1-8(2)12(15)16-7-6-9-10(13)4-3-5-11(9)14;/h3-8H,1-2H3,(H2,15,16);1H. The number of hydrogen-bond acceptors (Lipinski definition) is 1. The molecule has 94 valence electrons. The number of nitrogens with two attached hydrogens (primary N) is 1. The zero-order valence-corrected chi connectivity index (χ0v) is 12.0. The monoisotopic (exact) mass is 292 g/mol. The Morgan fingerprint density at radius 2 is 1.82 bits per heavy atom. The van der Waals surface area contributed by atoms with Gasteiger partial charge in [0, 0.05) is 27.7 Å². The zero-order valence-electron chi connectivity index (χ0n) is 9.65. The Hall–Kier alpha value is -0.700. The smallest absolute Gasteiger partial charge is 0.101 e. The predicted octanol–water partition coefficient (Wildman–Crippen LogP) is 4.40. The highest BCUT2D eigenvalue weighted by molar-refractivity contribution is 6.37. The first-order valence-electron chi connectivity index (χ1n) is 4.96.